The molecule has 0 N–H and O–H groups in total. The molecule has 2 radical (unpaired) electrons. The van der Waals surface area contributed by atoms with Crippen LogP contribution in [0.1, 0.15) is 28.1 Å². The molecule has 0 bridgehead atoms. The molecule has 1 aliphatic carbocycles. The second-order valence-corrected chi connectivity index (χ2v) is 4.66. The van der Waals surface area contributed by atoms with Crippen molar-refractivity contribution < 1.29 is 0 Å². The summed E-state index contributed by atoms with van der Waals surface area (Å²) in [5.74, 6) is 0.0461. The molecule has 0 saturated heterocycles. The quantitative estimate of drug-likeness (QED) is 0.575. The Morgan fingerprint density at radius 3 is 1.69 bits per heavy atom. The Bertz CT molecular complexity index is 518. The lowest BCUT2D eigenvalue weighted by Crippen LogP contribution is -1.95. The zero-order valence-electron chi connectivity index (χ0n) is 9.62. The minimum atomic E-state index is 0.0461. The molecule has 2 aromatic rings. The minimum absolute atomic E-state index is 0.0461. The first-order valence-electron chi connectivity index (χ1n) is 5.64. The average molecular weight is 204 g/mol. The monoisotopic (exact) mass is 204 g/mol. The molecule has 0 aliphatic heterocycles. The van der Waals surface area contributed by atoms with Gasteiger partial charge in [-0.3, -0.25) is 0 Å². The number of hydrogen-bond acceptors (Lipinski definition) is 0. The Morgan fingerprint density at radius 2 is 1.25 bits per heavy atom. The van der Waals surface area contributed by atoms with Gasteiger partial charge in [0.05, 0.1) is 7.85 Å². The summed E-state index contributed by atoms with van der Waals surface area (Å²) in [5.41, 5.74) is 7.68. The predicted molar refractivity (Wildman–Crippen MR) is 68.9 cm³/mol. The summed E-state index contributed by atoms with van der Waals surface area (Å²) in [5, 5.41) is 0. The molecule has 2 aromatic carbocycles. The van der Waals surface area contributed by atoms with E-state index in [1.165, 1.54) is 33.4 Å². The van der Waals surface area contributed by atoms with Gasteiger partial charge in [-0.25, -0.2) is 0 Å². The Balaban J connectivity index is 2.30. The molecular weight excluding hydrogens is 191 g/mol. The Kier molecular flexibility index (Phi) is 1.97. The highest BCUT2D eigenvalue weighted by atomic mass is 14.3. The van der Waals surface area contributed by atoms with Gasteiger partial charge in [-0.1, -0.05) is 47.5 Å². The second kappa shape index (κ2) is 3.25. The van der Waals surface area contributed by atoms with Gasteiger partial charge >= 0.3 is 0 Å². The molecule has 0 fully saturated rings. The van der Waals surface area contributed by atoms with Crippen molar-refractivity contribution in [3.63, 3.8) is 0 Å². The first-order chi connectivity index (χ1) is 7.66. The number of aryl methyl sites for hydroxylation is 2. The van der Waals surface area contributed by atoms with Gasteiger partial charge in [0.2, 0.25) is 0 Å². The lowest BCUT2D eigenvalue weighted by molar-refractivity contribution is 1.18. The number of fused-ring (bicyclic) bond motifs is 3. The van der Waals surface area contributed by atoms with E-state index in [0.29, 0.717) is 0 Å². The van der Waals surface area contributed by atoms with Crippen LogP contribution < -0.4 is 0 Å². The van der Waals surface area contributed by atoms with Crippen molar-refractivity contribution in [3.8, 4) is 11.1 Å². The molecule has 0 saturated carbocycles. The third-order valence-electron chi connectivity index (χ3n) is 3.37. The summed E-state index contributed by atoms with van der Waals surface area (Å²) >= 11 is 0. The van der Waals surface area contributed by atoms with Gasteiger partial charge in [-0.2, -0.15) is 0 Å². The Labute approximate surface area is 97.7 Å². The van der Waals surface area contributed by atoms with Crippen LogP contribution in [-0.2, 0) is 0 Å². The Morgan fingerprint density at radius 1 is 0.812 bits per heavy atom. The molecule has 0 nitrogen and oxygen atoms in total. The van der Waals surface area contributed by atoms with Crippen LogP contribution >= 0.6 is 0 Å². The average Bonchev–Trinajstić information content (AvgIpc) is 2.53. The van der Waals surface area contributed by atoms with Gasteiger partial charge in [0, 0.05) is 0 Å². The molecule has 16 heavy (non-hydrogen) atoms. The number of benzene rings is 2. The molecule has 76 valence electrons. The summed E-state index contributed by atoms with van der Waals surface area (Å²) in [6.07, 6.45) is 0. The fourth-order valence-corrected chi connectivity index (χ4v) is 2.54. The standard InChI is InChI=1S/C15H13B/c1-9-3-5-11-12-6-4-10(2)8-14(12)15(16)13(11)7-9/h3-8,15H,1-2H3. The van der Waals surface area contributed by atoms with Gasteiger partial charge in [-0.15, -0.1) is 0 Å². The predicted octanol–water partition coefficient (Wildman–Crippen LogP) is 3.54. The van der Waals surface area contributed by atoms with Crippen molar-refractivity contribution in [2.24, 2.45) is 0 Å². The lowest BCUT2D eigenvalue weighted by atomic mass is 9.79. The SMILES string of the molecule is [B]C1c2cc(C)ccc2-c2ccc(C)cc21. The second-order valence-electron chi connectivity index (χ2n) is 4.66. The molecule has 0 amide bonds. The zero-order chi connectivity index (χ0) is 11.3. The summed E-state index contributed by atoms with van der Waals surface area (Å²) in [6, 6.07) is 13.1. The topological polar surface area (TPSA) is 0 Å². The van der Waals surface area contributed by atoms with Crippen LogP contribution in [0, 0.1) is 13.8 Å². The van der Waals surface area contributed by atoms with Gasteiger partial charge in [-0.05, 0) is 41.9 Å². The molecular formula is C15H13B. The number of hydrogen-bond donors (Lipinski definition) is 0. The molecule has 0 heterocycles. The molecule has 0 spiro atoms. The summed E-state index contributed by atoms with van der Waals surface area (Å²) in [6.45, 7) is 4.22. The van der Waals surface area contributed by atoms with Gasteiger partial charge < -0.3 is 0 Å². The third kappa shape index (κ3) is 1.24. The van der Waals surface area contributed by atoms with E-state index in [0.717, 1.165) is 0 Å². The molecule has 0 aromatic heterocycles. The third-order valence-corrected chi connectivity index (χ3v) is 3.37. The Hall–Kier alpha value is -1.50. The van der Waals surface area contributed by atoms with E-state index in [9.17, 15) is 0 Å². The molecule has 3 rings (SSSR count). The van der Waals surface area contributed by atoms with Crippen molar-refractivity contribution >= 4 is 7.85 Å². The lowest BCUT2D eigenvalue weighted by Gasteiger charge is -2.07. The minimum Gasteiger partial charge on any atom is -0.0587 e. The largest absolute Gasteiger partial charge is 0.0828 e. The molecule has 0 atom stereocenters. The summed E-state index contributed by atoms with van der Waals surface area (Å²) < 4.78 is 0. The van der Waals surface area contributed by atoms with E-state index >= 15 is 0 Å². The van der Waals surface area contributed by atoms with Crippen molar-refractivity contribution in [3.05, 3.63) is 58.7 Å². The van der Waals surface area contributed by atoms with Gasteiger partial charge in [0.15, 0.2) is 0 Å². The van der Waals surface area contributed by atoms with E-state index in [-0.39, 0.29) is 5.82 Å². The highest BCUT2D eigenvalue weighted by molar-refractivity contribution is 6.17. The van der Waals surface area contributed by atoms with Crippen LogP contribution in [0.4, 0.5) is 0 Å². The van der Waals surface area contributed by atoms with Crippen molar-refractivity contribution in [2.45, 2.75) is 19.7 Å². The van der Waals surface area contributed by atoms with Gasteiger partial charge in [0.1, 0.15) is 0 Å². The van der Waals surface area contributed by atoms with E-state index < -0.39 is 0 Å². The maximum Gasteiger partial charge on any atom is 0.0828 e. The van der Waals surface area contributed by atoms with Crippen LogP contribution in [0.2, 0.25) is 0 Å². The van der Waals surface area contributed by atoms with Crippen LogP contribution in [0.5, 0.6) is 0 Å². The van der Waals surface area contributed by atoms with Crippen LogP contribution in [0.3, 0.4) is 0 Å². The van der Waals surface area contributed by atoms with Crippen LogP contribution in [-0.4, -0.2) is 7.85 Å². The van der Waals surface area contributed by atoms with E-state index in [1.807, 2.05) is 0 Å². The van der Waals surface area contributed by atoms with E-state index in [4.69, 9.17) is 7.85 Å². The van der Waals surface area contributed by atoms with Crippen LogP contribution in [0.25, 0.3) is 11.1 Å². The maximum atomic E-state index is 6.30. The van der Waals surface area contributed by atoms with Crippen LogP contribution in [0.15, 0.2) is 36.4 Å². The molecule has 0 unspecified atom stereocenters. The normalized spacial score (nSPS) is 13.6. The fourth-order valence-electron chi connectivity index (χ4n) is 2.54. The molecule has 1 aliphatic rings. The van der Waals surface area contributed by atoms with E-state index in [2.05, 4.69) is 50.2 Å². The first kappa shape index (κ1) is 9.71. The number of rotatable bonds is 0. The van der Waals surface area contributed by atoms with Crippen molar-refractivity contribution in [1.82, 2.24) is 0 Å². The molecule has 1 heteroatoms. The first-order valence-corrected chi connectivity index (χ1v) is 5.64. The zero-order valence-corrected chi connectivity index (χ0v) is 9.62. The van der Waals surface area contributed by atoms with Gasteiger partial charge in [0.25, 0.3) is 0 Å². The summed E-state index contributed by atoms with van der Waals surface area (Å²) in [4.78, 5) is 0. The van der Waals surface area contributed by atoms with Crippen molar-refractivity contribution in [2.75, 3.05) is 0 Å². The highest BCUT2D eigenvalue weighted by Crippen LogP contribution is 2.43. The van der Waals surface area contributed by atoms with E-state index in [1.54, 1.807) is 0 Å². The highest BCUT2D eigenvalue weighted by Gasteiger charge is 2.24. The smallest absolute Gasteiger partial charge is 0.0587 e. The maximum absolute atomic E-state index is 6.30. The fraction of sp³-hybridized carbons (Fsp3) is 0.200. The van der Waals surface area contributed by atoms with Crippen molar-refractivity contribution in [1.29, 1.82) is 0 Å². The summed E-state index contributed by atoms with van der Waals surface area (Å²) in [7, 11) is 6.30.